The van der Waals surface area contributed by atoms with E-state index in [2.05, 4.69) is 20.7 Å². The minimum absolute atomic E-state index is 0.155. The maximum atomic E-state index is 12.6. The molecular weight excluding hydrogens is 348 g/mol. The number of non-ortho nitro benzene ring substituents is 1. The van der Waals surface area contributed by atoms with Gasteiger partial charge in [0.1, 0.15) is 0 Å². The Bertz CT molecular complexity index is 1010. The number of anilines is 2. The number of nitrogens with one attached hydrogen (secondary N) is 2. The van der Waals surface area contributed by atoms with Crippen molar-refractivity contribution in [3.05, 3.63) is 69.7 Å². The second-order valence-electron chi connectivity index (χ2n) is 5.94. The lowest BCUT2D eigenvalue weighted by atomic mass is 10.1. The Hall–Kier alpha value is -3.75. The second-order valence-corrected chi connectivity index (χ2v) is 5.94. The molecule has 1 amide bonds. The number of hydrogen-bond donors (Lipinski definition) is 2. The van der Waals surface area contributed by atoms with E-state index in [0.29, 0.717) is 17.2 Å². The van der Waals surface area contributed by atoms with E-state index in [1.54, 1.807) is 23.9 Å². The van der Waals surface area contributed by atoms with E-state index in [1.807, 2.05) is 19.9 Å². The van der Waals surface area contributed by atoms with E-state index in [4.69, 9.17) is 0 Å². The molecule has 0 radical (unpaired) electrons. The number of aromatic nitrogens is 3. The van der Waals surface area contributed by atoms with Gasteiger partial charge in [-0.1, -0.05) is 0 Å². The molecular formula is C18H18N6O3. The number of amides is 1. The molecule has 2 heterocycles. The topological polar surface area (TPSA) is 115 Å². The number of nitrogens with zero attached hydrogens (tertiary/aromatic N) is 4. The van der Waals surface area contributed by atoms with Crippen molar-refractivity contribution in [2.24, 2.45) is 0 Å². The Morgan fingerprint density at radius 3 is 2.52 bits per heavy atom. The summed E-state index contributed by atoms with van der Waals surface area (Å²) in [6.45, 7) is 3.83. The third kappa shape index (κ3) is 3.76. The van der Waals surface area contributed by atoms with Crippen LogP contribution >= 0.6 is 0 Å². The first-order chi connectivity index (χ1) is 12.9. The van der Waals surface area contributed by atoms with Gasteiger partial charge in [-0.3, -0.25) is 14.9 Å². The van der Waals surface area contributed by atoms with Crippen LogP contribution in [0.15, 0.2) is 42.6 Å². The number of carbonyl (C=O) groups excluding carboxylic acids is 1. The van der Waals surface area contributed by atoms with Crippen LogP contribution in [-0.2, 0) is 0 Å². The third-order valence-electron chi connectivity index (χ3n) is 3.96. The van der Waals surface area contributed by atoms with Crippen LogP contribution in [0.25, 0.3) is 5.82 Å². The lowest BCUT2D eigenvalue weighted by molar-refractivity contribution is -0.384. The fourth-order valence-corrected chi connectivity index (χ4v) is 2.70. The number of pyridine rings is 1. The normalized spacial score (nSPS) is 10.5. The summed E-state index contributed by atoms with van der Waals surface area (Å²) < 4.78 is 1.71. The molecule has 2 aromatic heterocycles. The molecule has 138 valence electrons. The Balaban J connectivity index is 1.83. The van der Waals surface area contributed by atoms with Gasteiger partial charge in [-0.25, -0.2) is 9.67 Å². The SMILES string of the molecule is CNc1ccc([N+](=O)[O-])cc1C(=O)Nc1ccc(-n2nc(C)cc2C)nc1. The Morgan fingerprint density at radius 1 is 1.19 bits per heavy atom. The van der Waals surface area contributed by atoms with Crippen LogP contribution < -0.4 is 10.6 Å². The van der Waals surface area contributed by atoms with Gasteiger partial charge < -0.3 is 10.6 Å². The van der Waals surface area contributed by atoms with E-state index in [0.717, 1.165) is 11.4 Å². The minimum Gasteiger partial charge on any atom is -0.387 e. The number of carbonyl (C=O) groups is 1. The Kier molecular flexibility index (Phi) is 4.84. The van der Waals surface area contributed by atoms with Crippen LogP contribution in [0, 0.1) is 24.0 Å². The summed E-state index contributed by atoms with van der Waals surface area (Å²) in [4.78, 5) is 27.3. The molecule has 0 atom stereocenters. The number of rotatable bonds is 5. The van der Waals surface area contributed by atoms with Crippen molar-refractivity contribution >= 4 is 23.0 Å². The fraction of sp³-hybridized carbons (Fsp3) is 0.167. The Labute approximate surface area is 155 Å². The molecule has 27 heavy (non-hydrogen) atoms. The molecule has 0 saturated carbocycles. The predicted molar refractivity (Wildman–Crippen MR) is 101 cm³/mol. The zero-order valence-electron chi connectivity index (χ0n) is 15.1. The summed E-state index contributed by atoms with van der Waals surface area (Å²) in [6, 6.07) is 9.46. The highest BCUT2D eigenvalue weighted by Crippen LogP contribution is 2.23. The maximum Gasteiger partial charge on any atom is 0.270 e. The summed E-state index contributed by atoms with van der Waals surface area (Å²) in [5.74, 6) is 0.161. The van der Waals surface area contributed by atoms with E-state index in [9.17, 15) is 14.9 Å². The summed E-state index contributed by atoms with van der Waals surface area (Å²) in [5.41, 5.74) is 2.82. The maximum absolute atomic E-state index is 12.6. The van der Waals surface area contributed by atoms with Gasteiger partial charge in [-0.15, -0.1) is 0 Å². The molecule has 0 aliphatic rings. The quantitative estimate of drug-likeness (QED) is 0.530. The van der Waals surface area contributed by atoms with Crippen molar-refractivity contribution in [3.8, 4) is 5.82 Å². The summed E-state index contributed by atoms with van der Waals surface area (Å²) in [6.07, 6.45) is 1.51. The van der Waals surface area contributed by atoms with Crippen molar-refractivity contribution in [2.75, 3.05) is 17.7 Å². The van der Waals surface area contributed by atoms with Gasteiger partial charge >= 0.3 is 0 Å². The van der Waals surface area contributed by atoms with Crippen LogP contribution in [0.3, 0.4) is 0 Å². The highest BCUT2D eigenvalue weighted by Gasteiger charge is 2.16. The highest BCUT2D eigenvalue weighted by atomic mass is 16.6. The zero-order chi connectivity index (χ0) is 19.6. The molecule has 0 spiro atoms. The first kappa shape index (κ1) is 18.1. The summed E-state index contributed by atoms with van der Waals surface area (Å²) in [5, 5.41) is 20.9. The third-order valence-corrected chi connectivity index (χ3v) is 3.96. The lowest BCUT2D eigenvalue weighted by Crippen LogP contribution is -2.15. The van der Waals surface area contributed by atoms with Gasteiger partial charge in [0.05, 0.1) is 28.1 Å². The number of benzene rings is 1. The van der Waals surface area contributed by atoms with Crippen molar-refractivity contribution in [1.29, 1.82) is 0 Å². The van der Waals surface area contributed by atoms with E-state index >= 15 is 0 Å². The molecule has 1 aromatic carbocycles. The van der Waals surface area contributed by atoms with Gasteiger partial charge in [-0.05, 0) is 38.1 Å². The van der Waals surface area contributed by atoms with Crippen molar-refractivity contribution in [2.45, 2.75) is 13.8 Å². The standard InChI is InChI=1S/C18H18N6O3/c1-11-8-12(2)23(22-11)17-7-4-13(10-20-17)21-18(25)15-9-14(24(26)27)5-6-16(15)19-3/h4-10,19H,1-3H3,(H,21,25). The molecule has 0 fully saturated rings. The molecule has 3 rings (SSSR count). The van der Waals surface area contributed by atoms with Crippen LogP contribution in [0.4, 0.5) is 17.1 Å². The average molecular weight is 366 g/mol. The molecule has 9 nitrogen and oxygen atoms in total. The fourth-order valence-electron chi connectivity index (χ4n) is 2.70. The van der Waals surface area contributed by atoms with Crippen LogP contribution in [0.5, 0.6) is 0 Å². The first-order valence-corrected chi connectivity index (χ1v) is 8.16. The predicted octanol–water partition coefficient (Wildman–Crippen LogP) is 3.09. The highest BCUT2D eigenvalue weighted by molar-refractivity contribution is 6.08. The smallest absolute Gasteiger partial charge is 0.270 e. The number of aryl methyl sites for hydroxylation is 2. The van der Waals surface area contributed by atoms with Crippen molar-refractivity contribution in [3.63, 3.8) is 0 Å². The van der Waals surface area contributed by atoms with E-state index in [1.165, 1.54) is 24.4 Å². The summed E-state index contributed by atoms with van der Waals surface area (Å²) in [7, 11) is 1.64. The second kappa shape index (κ2) is 7.24. The van der Waals surface area contributed by atoms with Crippen LogP contribution in [0.2, 0.25) is 0 Å². The van der Waals surface area contributed by atoms with Gasteiger partial charge in [-0.2, -0.15) is 5.10 Å². The molecule has 0 unspecified atom stereocenters. The molecule has 0 bridgehead atoms. The first-order valence-electron chi connectivity index (χ1n) is 8.16. The molecule has 2 N–H and O–H groups in total. The van der Waals surface area contributed by atoms with Crippen molar-refractivity contribution < 1.29 is 9.72 Å². The molecule has 0 aliphatic heterocycles. The summed E-state index contributed by atoms with van der Waals surface area (Å²) >= 11 is 0. The largest absolute Gasteiger partial charge is 0.387 e. The van der Waals surface area contributed by atoms with Gasteiger partial charge in [0.15, 0.2) is 5.82 Å². The van der Waals surface area contributed by atoms with E-state index < -0.39 is 10.8 Å². The van der Waals surface area contributed by atoms with Gasteiger partial charge in [0.25, 0.3) is 11.6 Å². The monoisotopic (exact) mass is 366 g/mol. The molecule has 9 heteroatoms. The number of nitro benzene ring substituents is 1. The van der Waals surface area contributed by atoms with Crippen LogP contribution in [-0.4, -0.2) is 32.6 Å². The van der Waals surface area contributed by atoms with Crippen molar-refractivity contribution in [1.82, 2.24) is 14.8 Å². The molecule has 3 aromatic rings. The molecule has 0 aliphatic carbocycles. The van der Waals surface area contributed by atoms with E-state index in [-0.39, 0.29) is 11.3 Å². The lowest BCUT2D eigenvalue weighted by Gasteiger charge is -2.10. The Morgan fingerprint density at radius 2 is 1.96 bits per heavy atom. The zero-order valence-corrected chi connectivity index (χ0v) is 15.1. The minimum atomic E-state index is -0.541. The average Bonchev–Trinajstić information content (AvgIpc) is 2.99. The van der Waals surface area contributed by atoms with Gasteiger partial charge in [0.2, 0.25) is 0 Å². The number of nitro groups is 1. The number of hydrogen-bond acceptors (Lipinski definition) is 6. The molecule has 0 saturated heterocycles. The van der Waals surface area contributed by atoms with Gasteiger partial charge in [0, 0.05) is 30.6 Å². The van der Waals surface area contributed by atoms with Crippen LogP contribution in [0.1, 0.15) is 21.7 Å².